The monoisotopic (exact) mass is 363 g/mol. The van der Waals surface area contributed by atoms with Gasteiger partial charge in [0.25, 0.3) is 0 Å². The summed E-state index contributed by atoms with van der Waals surface area (Å²) < 4.78 is 32.2. The number of sulfonamides is 1. The molecule has 1 saturated heterocycles. The fourth-order valence-corrected chi connectivity index (χ4v) is 4.27. The summed E-state index contributed by atoms with van der Waals surface area (Å²) in [6.45, 7) is 0.420. The summed E-state index contributed by atoms with van der Waals surface area (Å²) in [5.74, 6) is -0.142. The Morgan fingerprint density at radius 1 is 1.50 bits per heavy atom. The van der Waals surface area contributed by atoms with Crippen LogP contribution in [0.15, 0.2) is 38.8 Å². The third-order valence-electron chi connectivity index (χ3n) is 2.93. The zero-order valence-corrected chi connectivity index (χ0v) is 12.8. The third kappa shape index (κ3) is 2.95. The van der Waals surface area contributed by atoms with E-state index in [1.165, 1.54) is 10.4 Å². The largest absolute Gasteiger partial charge is 0.409 e. The smallest absolute Gasteiger partial charge is 0.244 e. The van der Waals surface area contributed by atoms with E-state index in [9.17, 15) is 8.42 Å². The Hall–Kier alpha value is -1.16. The number of nitrogens with two attached hydrogens (primary N) is 1. The standard InChI is InChI=1S/C11H14BrN3O4S/c12-8-3-1-2-4-10(8)20(17,18)15-5-6-19-9(7-15)11(13)14-16/h1-4,9,16H,5-7H2,(H2,13,14). The van der Waals surface area contributed by atoms with Crippen molar-refractivity contribution in [3.8, 4) is 0 Å². The van der Waals surface area contributed by atoms with Gasteiger partial charge in [0.1, 0.15) is 6.10 Å². The normalized spacial score (nSPS) is 21.9. The first kappa shape index (κ1) is 15.2. The van der Waals surface area contributed by atoms with Gasteiger partial charge in [-0.1, -0.05) is 17.3 Å². The maximum Gasteiger partial charge on any atom is 0.244 e. The fraction of sp³-hybridized carbons (Fsp3) is 0.364. The average Bonchev–Trinajstić information content (AvgIpc) is 2.47. The zero-order valence-electron chi connectivity index (χ0n) is 10.4. The van der Waals surface area contributed by atoms with Crippen LogP contribution in [0.2, 0.25) is 0 Å². The van der Waals surface area contributed by atoms with Crippen molar-refractivity contribution in [3.63, 3.8) is 0 Å². The molecule has 0 aromatic heterocycles. The zero-order chi connectivity index (χ0) is 14.8. The predicted molar refractivity (Wildman–Crippen MR) is 76.0 cm³/mol. The molecule has 0 saturated carbocycles. The first-order chi connectivity index (χ1) is 9.46. The maximum absolute atomic E-state index is 12.6. The van der Waals surface area contributed by atoms with Gasteiger partial charge in [-0.15, -0.1) is 0 Å². The average molecular weight is 364 g/mol. The molecule has 1 aliphatic heterocycles. The van der Waals surface area contributed by atoms with Gasteiger partial charge in [0, 0.05) is 17.6 Å². The van der Waals surface area contributed by atoms with Gasteiger partial charge in [0.15, 0.2) is 5.84 Å². The molecule has 1 unspecified atom stereocenters. The molecule has 20 heavy (non-hydrogen) atoms. The van der Waals surface area contributed by atoms with E-state index >= 15 is 0 Å². The first-order valence-electron chi connectivity index (χ1n) is 5.80. The Morgan fingerprint density at radius 2 is 2.20 bits per heavy atom. The number of nitrogens with zero attached hydrogens (tertiary/aromatic N) is 2. The number of halogens is 1. The molecule has 0 bridgehead atoms. The minimum Gasteiger partial charge on any atom is -0.409 e. The quantitative estimate of drug-likeness (QED) is 0.353. The van der Waals surface area contributed by atoms with E-state index in [-0.39, 0.29) is 30.4 Å². The van der Waals surface area contributed by atoms with Crippen molar-refractivity contribution in [2.75, 3.05) is 19.7 Å². The summed E-state index contributed by atoms with van der Waals surface area (Å²) in [5.41, 5.74) is 5.47. The molecule has 1 aromatic carbocycles. The summed E-state index contributed by atoms with van der Waals surface area (Å²) in [4.78, 5) is 0.181. The van der Waals surface area contributed by atoms with Gasteiger partial charge in [-0.25, -0.2) is 8.42 Å². The van der Waals surface area contributed by atoms with Gasteiger partial charge in [-0.3, -0.25) is 0 Å². The lowest BCUT2D eigenvalue weighted by Crippen LogP contribution is -2.50. The highest BCUT2D eigenvalue weighted by atomic mass is 79.9. The van der Waals surface area contributed by atoms with Crippen LogP contribution < -0.4 is 5.73 Å². The van der Waals surface area contributed by atoms with E-state index in [4.69, 9.17) is 15.7 Å². The van der Waals surface area contributed by atoms with E-state index in [1.807, 2.05) is 0 Å². The number of oxime groups is 1. The van der Waals surface area contributed by atoms with Crippen LogP contribution in [0.25, 0.3) is 0 Å². The lowest BCUT2D eigenvalue weighted by atomic mass is 10.3. The van der Waals surface area contributed by atoms with Crippen LogP contribution in [-0.2, 0) is 14.8 Å². The Balaban J connectivity index is 2.29. The van der Waals surface area contributed by atoms with Crippen LogP contribution in [0.5, 0.6) is 0 Å². The van der Waals surface area contributed by atoms with E-state index < -0.39 is 16.1 Å². The third-order valence-corrected chi connectivity index (χ3v) is 5.81. The molecule has 0 radical (unpaired) electrons. The Kier molecular flexibility index (Phi) is 4.63. The molecule has 110 valence electrons. The first-order valence-corrected chi connectivity index (χ1v) is 8.04. The van der Waals surface area contributed by atoms with Gasteiger partial charge in [-0.05, 0) is 28.1 Å². The second-order valence-electron chi connectivity index (χ2n) is 4.18. The number of amidine groups is 1. The van der Waals surface area contributed by atoms with Gasteiger partial charge >= 0.3 is 0 Å². The predicted octanol–water partition coefficient (Wildman–Crippen LogP) is 0.585. The van der Waals surface area contributed by atoms with Crippen molar-refractivity contribution in [1.82, 2.24) is 4.31 Å². The number of benzene rings is 1. The highest BCUT2D eigenvalue weighted by molar-refractivity contribution is 9.10. The molecule has 0 aliphatic carbocycles. The van der Waals surface area contributed by atoms with Crippen LogP contribution >= 0.6 is 15.9 Å². The Morgan fingerprint density at radius 3 is 2.85 bits per heavy atom. The summed E-state index contributed by atoms with van der Waals surface area (Å²) in [7, 11) is -3.65. The number of rotatable bonds is 3. The van der Waals surface area contributed by atoms with E-state index in [0.29, 0.717) is 4.47 Å². The SMILES string of the molecule is NC(=NO)C1CN(S(=O)(=O)c2ccccc2Br)CCO1. The fourth-order valence-electron chi connectivity index (χ4n) is 1.88. The number of hydrogen-bond donors (Lipinski definition) is 2. The van der Waals surface area contributed by atoms with Gasteiger partial charge in [0.2, 0.25) is 10.0 Å². The number of ether oxygens (including phenoxy) is 1. The summed E-state index contributed by atoms with van der Waals surface area (Å²) in [6, 6.07) is 6.57. The molecule has 2 rings (SSSR count). The summed E-state index contributed by atoms with van der Waals surface area (Å²) >= 11 is 3.23. The molecular formula is C11H14BrN3O4S. The van der Waals surface area contributed by atoms with Crippen LogP contribution in [-0.4, -0.2) is 49.6 Å². The summed E-state index contributed by atoms with van der Waals surface area (Å²) in [6.07, 6.45) is -0.744. The minimum absolute atomic E-state index is 0.0135. The molecule has 1 aromatic rings. The topological polar surface area (TPSA) is 105 Å². The van der Waals surface area contributed by atoms with Gasteiger partial charge in [-0.2, -0.15) is 4.31 Å². The molecule has 3 N–H and O–H groups in total. The van der Waals surface area contributed by atoms with Crippen molar-refractivity contribution >= 4 is 31.8 Å². The highest BCUT2D eigenvalue weighted by Gasteiger charge is 2.33. The van der Waals surface area contributed by atoms with E-state index in [2.05, 4.69) is 21.1 Å². The molecule has 7 nitrogen and oxygen atoms in total. The molecule has 1 fully saturated rings. The second kappa shape index (κ2) is 6.08. The van der Waals surface area contributed by atoms with Crippen LogP contribution in [0.1, 0.15) is 0 Å². The van der Waals surface area contributed by atoms with Crippen LogP contribution in [0.4, 0.5) is 0 Å². The minimum atomic E-state index is -3.65. The van der Waals surface area contributed by atoms with Crippen LogP contribution in [0, 0.1) is 0 Å². The highest BCUT2D eigenvalue weighted by Crippen LogP contribution is 2.25. The van der Waals surface area contributed by atoms with Crippen molar-refractivity contribution < 1.29 is 18.4 Å². The maximum atomic E-state index is 12.6. The molecule has 9 heteroatoms. The van der Waals surface area contributed by atoms with Gasteiger partial charge in [0.05, 0.1) is 11.5 Å². The molecule has 1 aliphatic rings. The summed E-state index contributed by atoms with van der Waals surface area (Å²) in [5, 5.41) is 11.5. The molecular weight excluding hydrogens is 350 g/mol. The van der Waals surface area contributed by atoms with E-state index in [1.54, 1.807) is 18.2 Å². The Bertz CT molecular complexity index is 620. The van der Waals surface area contributed by atoms with Crippen molar-refractivity contribution in [2.45, 2.75) is 11.0 Å². The molecule has 1 atom stereocenters. The lowest BCUT2D eigenvalue weighted by molar-refractivity contribution is 0.0355. The number of morpholine rings is 1. The van der Waals surface area contributed by atoms with Crippen molar-refractivity contribution in [1.29, 1.82) is 0 Å². The van der Waals surface area contributed by atoms with Crippen LogP contribution in [0.3, 0.4) is 0 Å². The lowest BCUT2D eigenvalue weighted by Gasteiger charge is -2.31. The molecule has 0 spiro atoms. The molecule has 1 heterocycles. The Labute approximate surface area is 125 Å². The van der Waals surface area contributed by atoms with Crippen molar-refractivity contribution in [2.24, 2.45) is 10.9 Å². The second-order valence-corrected chi connectivity index (χ2v) is 6.94. The van der Waals surface area contributed by atoms with E-state index in [0.717, 1.165) is 0 Å². The van der Waals surface area contributed by atoms with Crippen molar-refractivity contribution in [3.05, 3.63) is 28.7 Å². The molecule has 0 amide bonds. The van der Waals surface area contributed by atoms with Gasteiger partial charge < -0.3 is 15.7 Å². The number of hydrogen-bond acceptors (Lipinski definition) is 5.